The Balaban J connectivity index is 1.97. The smallest absolute Gasteiger partial charge is 0.255 e. The molecule has 1 heterocycles. The van der Waals surface area contributed by atoms with Gasteiger partial charge < -0.3 is 5.32 Å². The number of sulfonamides is 1. The second-order valence-electron chi connectivity index (χ2n) is 6.36. The van der Waals surface area contributed by atoms with E-state index in [9.17, 15) is 18.0 Å². The lowest BCUT2D eigenvalue weighted by Crippen LogP contribution is -2.30. The molecule has 1 saturated heterocycles. The quantitative estimate of drug-likeness (QED) is 0.806. The molecule has 9 heteroatoms. The molecule has 1 aliphatic rings. The minimum absolute atomic E-state index is 0.0264. The number of halogens is 2. The summed E-state index contributed by atoms with van der Waals surface area (Å²) in [7, 11) is -3.82. The normalized spacial score (nSPS) is 18.6. The van der Waals surface area contributed by atoms with Crippen molar-refractivity contribution in [3.8, 4) is 0 Å². The molecule has 1 N–H and O–H groups in total. The molecule has 0 saturated carbocycles. The van der Waals surface area contributed by atoms with Crippen molar-refractivity contribution in [3.63, 3.8) is 0 Å². The number of anilines is 2. The lowest BCUT2D eigenvalue weighted by molar-refractivity contribution is -0.119. The fraction of sp³-hybridized carbons (Fsp3) is 0.222. The SMILES string of the molecule is Cc1ccc(Cl)cc1NC(=O)c1ccc(Cl)c(N2C(=O)C(C)CS2(=O)=O)c1. The summed E-state index contributed by atoms with van der Waals surface area (Å²) in [5.74, 6) is -2.01. The largest absolute Gasteiger partial charge is 0.322 e. The van der Waals surface area contributed by atoms with Crippen molar-refractivity contribution in [2.24, 2.45) is 5.92 Å². The minimum atomic E-state index is -3.82. The van der Waals surface area contributed by atoms with Crippen molar-refractivity contribution in [2.45, 2.75) is 13.8 Å². The van der Waals surface area contributed by atoms with Crippen LogP contribution in [0.2, 0.25) is 10.0 Å². The van der Waals surface area contributed by atoms with E-state index in [1.807, 2.05) is 6.92 Å². The van der Waals surface area contributed by atoms with Crippen molar-refractivity contribution in [1.82, 2.24) is 0 Å². The molecule has 1 fully saturated rings. The van der Waals surface area contributed by atoms with E-state index >= 15 is 0 Å². The minimum Gasteiger partial charge on any atom is -0.322 e. The summed E-state index contributed by atoms with van der Waals surface area (Å²) < 4.78 is 25.3. The molecule has 2 amide bonds. The third-order valence-electron chi connectivity index (χ3n) is 4.24. The van der Waals surface area contributed by atoms with Crippen molar-refractivity contribution in [2.75, 3.05) is 15.4 Å². The zero-order valence-electron chi connectivity index (χ0n) is 14.5. The van der Waals surface area contributed by atoms with Gasteiger partial charge in [0.15, 0.2) is 0 Å². The zero-order chi connectivity index (χ0) is 19.9. The van der Waals surface area contributed by atoms with Crippen LogP contribution < -0.4 is 9.62 Å². The average Bonchev–Trinajstić information content (AvgIpc) is 2.79. The Hall–Kier alpha value is -2.09. The summed E-state index contributed by atoms with van der Waals surface area (Å²) in [6.07, 6.45) is 0. The van der Waals surface area contributed by atoms with Gasteiger partial charge in [0.2, 0.25) is 15.9 Å². The second-order valence-corrected chi connectivity index (χ2v) is 9.07. The van der Waals surface area contributed by atoms with Gasteiger partial charge in [0, 0.05) is 16.3 Å². The van der Waals surface area contributed by atoms with E-state index in [2.05, 4.69) is 5.32 Å². The Morgan fingerprint density at radius 1 is 1.19 bits per heavy atom. The molecule has 0 spiro atoms. The molecule has 2 aromatic carbocycles. The Kier molecular flexibility index (Phi) is 5.20. The van der Waals surface area contributed by atoms with E-state index in [-0.39, 0.29) is 22.0 Å². The highest BCUT2D eigenvalue weighted by Crippen LogP contribution is 2.34. The first-order valence-corrected chi connectivity index (χ1v) is 10.4. The van der Waals surface area contributed by atoms with Crippen molar-refractivity contribution in [3.05, 3.63) is 57.6 Å². The predicted octanol–water partition coefficient (Wildman–Crippen LogP) is 3.87. The monoisotopic (exact) mass is 426 g/mol. The summed E-state index contributed by atoms with van der Waals surface area (Å²) in [5, 5.41) is 3.26. The van der Waals surface area contributed by atoms with Crippen LogP contribution in [0.25, 0.3) is 0 Å². The van der Waals surface area contributed by atoms with E-state index in [1.54, 1.807) is 18.2 Å². The maximum Gasteiger partial charge on any atom is 0.255 e. The summed E-state index contributed by atoms with van der Waals surface area (Å²) in [6, 6.07) is 9.23. The number of carbonyl (C=O) groups excluding carboxylic acids is 2. The van der Waals surface area contributed by atoms with Gasteiger partial charge in [-0.25, -0.2) is 12.7 Å². The molecule has 0 aromatic heterocycles. The van der Waals surface area contributed by atoms with Gasteiger partial charge in [0.05, 0.1) is 22.4 Å². The number of aryl methyl sites for hydroxylation is 1. The highest BCUT2D eigenvalue weighted by atomic mass is 35.5. The fourth-order valence-corrected chi connectivity index (χ4v) is 5.05. The standard InChI is InChI=1S/C18H16Cl2N2O4S/c1-10-3-5-13(19)8-15(10)21-17(23)12-4-6-14(20)16(7-12)22-18(24)11(2)9-27(22,25)26/h3-8,11H,9H2,1-2H3,(H,21,23). The van der Waals surface area contributed by atoms with E-state index in [4.69, 9.17) is 23.2 Å². The summed E-state index contributed by atoms with van der Waals surface area (Å²) in [4.78, 5) is 24.9. The zero-order valence-corrected chi connectivity index (χ0v) is 16.8. The average molecular weight is 427 g/mol. The van der Waals surface area contributed by atoms with Crippen LogP contribution in [0.1, 0.15) is 22.8 Å². The molecule has 0 bridgehead atoms. The van der Waals surface area contributed by atoms with Crippen LogP contribution in [0.3, 0.4) is 0 Å². The molecule has 1 atom stereocenters. The lowest BCUT2D eigenvalue weighted by atomic mass is 10.1. The van der Waals surface area contributed by atoms with Crippen LogP contribution in [-0.2, 0) is 14.8 Å². The molecule has 6 nitrogen and oxygen atoms in total. The highest BCUT2D eigenvalue weighted by Gasteiger charge is 2.43. The number of rotatable bonds is 3. The predicted molar refractivity (Wildman–Crippen MR) is 106 cm³/mol. The molecule has 1 aliphatic heterocycles. The molecule has 142 valence electrons. The van der Waals surface area contributed by atoms with Gasteiger partial charge >= 0.3 is 0 Å². The van der Waals surface area contributed by atoms with E-state index in [0.29, 0.717) is 15.0 Å². The maximum absolute atomic E-state index is 12.6. The first-order chi connectivity index (χ1) is 12.6. The van der Waals surface area contributed by atoms with E-state index in [0.717, 1.165) is 5.56 Å². The van der Waals surface area contributed by atoms with Gasteiger partial charge in [-0.1, -0.05) is 36.2 Å². The van der Waals surface area contributed by atoms with Gasteiger partial charge in [-0.05, 0) is 42.8 Å². The molecule has 1 unspecified atom stereocenters. The molecule has 0 radical (unpaired) electrons. The Labute approximate surface area is 167 Å². The summed E-state index contributed by atoms with van der Waals surface area (Å²) in [6.45, 7) is 3.35. The molecule has 27 heavy (non-hydrogen) atoms. The number of hydrogen-bond donors (Lipinski definition) is 1. The van der Waals surface area contributed by atoms with Gasteiger partial charge in [-0.2, -0.15) is 0 Å². The van der Waals surface area contributed by atoms with E-state index in [1.165, 1.54) is 25.1 Å². The Morgan fingerprint density at radius 3 is 2.52 bits per heavy atom. The second kappa shape index (κ2) is 7.14. The van der Waals surface area contributed by atoms with Crippen molar-refractivity contribution < 1.29 is 18.0 Å². The van der Waals surface area contributed by atoms with Gasteiger partial charge in [0.25, 0.3) is 5.91 Å². The fourth-order valence-electron chi connectivity index (χ4n) is 2.80. The third kappa shape index (κ3) is 3.81. The number of nitrogens with one attached hydrogen (secondary N) is 1. The third-order valence-corrected chi connectivity index (χ3v) is 6.64. The van der Waals surface area contributed by atoms with Gasteiger partial charge in [-0.15, -0.1) is 0 Å². The Bertz CT molecular complexity index is 1050. The van der Waals surface area contributed by atoms with E-state index < -0.39 is 27.8 Å². The van der Waals surface area contributed by atoms with Crippen LogP contribution in [0.15, 0.2) is 36.4 Å². The summed E-state index contributed by atoms with van der Waals surface area (Å²) >= 11 is 12.1. The first-order valence-electron chi connectivity index (χ1n) is 8.04. The molecular formula is C18H16Cl2N2O4S. The Morgan fingerprint density at radius 2 is 1.89 bits per heavy atom. The number of hydrogen-bond acceptors (Lipinski definition) is 4. The number of carbonyl (C=O) groups is 2. The molecule has 3 rings (SSSR count). The van der Waals surface area contributed by atoms with Crippen molar-refractivity contribution >= 4 is 56.4 Å². The van der Waals surface area contributed by atoms with Crippen LogP contribution in [0, 0.1) is 12.8 Å². The van der Waals surface area contributed by atoms with Gasteiger partial charge in [-0.3, -0.25) is 9.59 Å². The number of nitrogens with zero attached hydrogens (tertiary/aromatic N) is 1. The van der Waals surface area contributed by atoms with Gasteiger partial charge in [0.1, 0.15) is 0 Å². The number of amides is 2. The molecule has 2 aromatic rings. The van der Waals surface area contributed by atoms with Crippen molar-refractivity contribution in [1.29, 1.82) is 0 Å². The van der Waals surface area contributed by atoms with Crippen LogP contribution in [0.4, 0.5) is 11.4 Å². The molecular weight excluding hydrogens is 411 g/mol. The topological polar surface area (TPSA) is 83.6 Å². The highest BCUT2D eigenvalue weighted by molar-refractivity contribution is 7.94. The van der Waals surface area contributed by atoms with Crippen LogP contribution in [-0.4, -0.2) is 26.0 Å². The van der Waals surface area contributed by atoms with Crippen LogP contribution >= 0.6 is 23.2 Å². The number of benzene rings is 2. The first kappa shape index (κ1) is 19.7. The van der Waals surface area contributed by atoms with Crippen LogP contribution in [0.5, 0.6) is 0 Å². The summed E-state index contributed by atoms with van der Waals surface area (Å²) in [5.41, 5.74) is 1.48. The molecule has 0 aliphatic carbocycles. The lowest BCUT2D eigenvalue weighted by Gasteiger charge is -2.18. The maximum atomic E-state index is 12.6.